The summed E-state index contributed by atoms with van der Waals surface area (Å²) in [4.78, 5) is 0. The molecule has 0 aliphatic rings. The van der Waals surface area contributed by atoms with Crippen molar-refractivity contribution in [3.63, 3.8) is 0 Å². The molecular weight excluding hydrogens is 368 g/mol. The third-order valence-corrected chi connectivity index (χ3v) is 0. The van der Waals surface area contributed by atoms with E-state index in [9.17, 15) is 0 Å². The number of hydrogen-bond donors (Lipinski definition) is 0. The summed E-state index contributed by atoms with van der Waals surface area (Å²) in [6, 6.07) is 0. The van der Waals surface area contributed by atoms with Crippen LogP contribution in [-0.4, -0.2) is 0 Å². The molecule has 0 atom stereocenters. The summed E-state index contributed by atoms with van der Waals surface area (Å²) in [6.45, 7) is 0. The molecule has 8 heavy (non-hydrogen) atoms. The quantitative estimate of drug-likeness (QED) is 0.390. The smallest absolute Gasteiger partial charge is 0.0776 e. The minimum absolute atomic E-state index is 0. The van der Waals surface area contributed by atoms with Crippen molar-refractivity contribution in [3.8, 4) is 0 Å². The molecule has 0 aromatic heterocycles. The van der Waals surface area contributed by atoms with E-state index in [1.807, 2.05) is 0 Å². The molecular formula is C4H16Br4-4. The average molecular weight is 384 g/mol. The minimum atomic E-state index is 0. The van der Waals surface area contributed by atoms with Gasteiger partial charge in [-0.2, -0.15) is 0 Å². The number of rotatable bonds is 0. The topological polar surface area (TPSA) is 0 Å². The highest BCUT2D eigenvalue weighted by molar-refractivity contribution is 2.51. The van der Waals surface area contributed by atoms with Crippen LogP contribution in [0.3, 0.4) is 0 Å². The average Bonchev–Trinajstić information content (AvgIpc) is 0. The third-order valence-electron chi connectivity index (χ3n) is 0. The van der Waals surface area contributed by atoms with Crippen LogP contribution in [0.25, 0.3) is 0 Å². The first-order valence-corrected chi connectivity index (χ1v) is 0. The summed E-state index contributed by atoms with van der Waals surface area (Å²) in [5.41, 5.74) is 0. The Labute approximate surface area is 96.9 Å². The van der Waals surface area contributed by atoms with Crippen LogP contribution in [0.5, 0.6) is 0 Å². The molecule has 0 amide bonds. The summed E-state index contributed by atoms with van der Waals surface area (Å²) in [5.74, 6) is 0. The SMILES string of the molecule is C.C.C.C.[Br-].[Br-].[Br-].[Br-]. The van der Waals surface area contributed by atoms with Crippen LogP contribution in [0, 0.1) is 0 Å². The fourth-order valence-electron chi connectivity index (χ4n) is 0. The van der Waals surface area contributed by atoms with Crippen molar-refractivity contribution in [2.45, 2.75) is 29.7 Å². The molecule has 64 valence electrons. The molecule has 0 fully saturated rings. The first kappa shape index (κ1) is 214. The van der Waals surface area contributed by atoms with Crippen molar-refractivity contribution >= 4 is 0 Å². The molecule has 0 heterocycles. The normalized spacial score (nSPS) is 0. The fourth-order valence-corrected chi connectivity index (χ4v) is 0. The zero-order valence-electron chi connectivity index (χ0n) is 1.51. The van der Waals surface area contributed by atoms with Crippen LogP contribution >= 0.6 is 0 Å². The number of halogens is 4. The van der Waals surface area contributed by atoms with Crippen LogP contribution in [-0.2, 0) is 0 Å². The lowest BCUT2D eigenvalue weighted by Crippen LogP contribution is -3.00. The summed E-state index contributed by atoms with van der Waals surface area (Å²) < 4.78 is 0. The summed E-state index contributed by atoms with van der Waals surface area (Å²) in [6.07, 6.45) is 0. The Morgan fingerprint density at radius 2 is 0.250 bits per heavy atom. The first-order valence-electron chi connectivity index (χ1n) is 0. The van der Waals surface area contributed by atoms with Gasteiger partial charge in [-0.1, -0.05) is 29.7 Å². The highest BCUT2D eigenvalue weighted by Crippen LogP contribution is 0.147. The van der Waals surface area contributed by atoms with Gasteiger partial charge in [0.25, 0.3) is 0 Å². The maximum atomic E-state index is 0. The molecule has 0 spiro atoms. The molecule has 0 aliphatic heterocycles. The monoisotopic (exact) mass is 380 g/mol. The Bertz CT molecular complexity index is 8.00. The van der Waals surface area contributed by atoms with Gasteiger partial charge in [-0.3, -0.25) is 0 Å². The standard InChI is InChI=1S/4CH4.4BrH/h4*1H4;4*1H/p-4. The van der Waals surface area contributed by atoms with Gasteiger partial charge in [-0.15, -0.1) is 0 Å². The van der Waals surface area contributed by atoms with Crippen molar-refractivity contribution in [1.29, 1.82) is 0 Å². The van der Waals surface area contributed by atoms with Crippen LogP contribution in [0.2, 0.25) is 0 Å². The van der Waals surface area contributed by atoms with E-state index < -0.39 is 0 Å². The molecule has 0 aromatic rings. The van der Waals surface area contributed by atoms with E-state index in [0.29, 0.717) is 0 Å². The van der Waals surface area contributed by atoms with Gasteiger partial charge < -0.3 is 67.9 Å². The molecule has 0 radical (unpaired) electrons. The van der Waals surface area contributed by atoms with Gasteiger partial charge in [-0.05, 0) is 0 Å². The molecule has 0 aliphatic carbocycles. The molecule has 0 unspecified atom stereocenters. The van der Waals surface area contributed by atoms with Crippen LogP contribution in [0.4, 0.5) is 0 Å². The Hall–Kier alpha value is 1.92. The molecule has 0 saturated heterocycles. The van der Waals surface area contributed by atoms with Gasteiger partial charge in [0.2, 0.25) is 0 Å². The lowest BCUT2D eigenvalue weighted by Gasteiger charge is -1.00. The van der Waals surface area contributed by atoms with Gasteiger partial charge in [-0.25, -0.2) is 0 Å². The second kappa shape index (κ2) is 152. The highest BCUT2D eigenvalue weighted by Gasteiger charge is -0.0745. The Balaban J connectivity index is 0. The van der Waals surface area contributed by atoms with Gasteiger partial charge in [0, 0.05) is 0 Å². The van der Waals surface area contributed by atoms with Crippen molar-refractivity contribution in [2.75, 3.05) is 0 Å². The maximum Gasteiger partial charge on any atom is -0.0776 e. The molecule has 0 nitrogen and oxygen atoms in total. The maximum absolute atomic E-state index is 0. The largest absolute Gasteiger partial charge is 1.00 e. The lowest BCUT2D eigenvalue weighted by molar-refractivity contribution is -0.00100. The second-order valence-corrected chi connectivity index (χ2v) is 0. The molecule has 0 bridgehead atoms. The second-order valence-electron chi connectivity index (χ2n) is 0. The van der Waals surface area contributed by atoms with E-state index in [0.717, 1.165) is 0 Å². The Morgan fingerprint density at radius 1 is 0.250 bits per heavy atom. The molecule has 0 rings (SSSR count). The Morgan fingerprint density at radius 3 is 0.250 bits per heavy atom. The van der Waals surface area contributed by atoms with Crippen LogP contribution in [0.1, 0.15) is 29.7 Å². The lowest BCUT2D eigenvalue weighted by atomic mass is 12.0. The van der Waals surface area contributed by atoms with Crippen molar-refractivity contribution in [3.05, 3.63) is 0 Å². The summed E-state index contributed by atoms with van der Waals surface area (Å²) in [5, 5.41) is 0. The minimum Gasteiger partial charge on any atom is -1.00 e. The van der Waals surface area contributed by atoms with Crippen LogP contribution < -0.4 is 67.9 Å². The molecule has 0 saturated carbocycles. The van der Waals surface area contributed by atoms with E-state index in [1.165, 1.54) is 0 Å². The summed E-state index contributed by atoms with van der Waals surface area (Å²) in [7, 11) is 0. The van der Waals surface area contributed by atoms with E-state index in [2.05, 4.69) is 0 Å². The van der Waals surface area contributed by atoms with Gasteiger partial charge in [0.05, 0.1) is 0 Å². The zero-order valence-corrected chi connectivity index (χ0v) is 7.86. The predicted octanol–water partition coefficient (Wildman–Crippen LogP) is -9.44. The van der Waals surface area contributed by atoms with Crippen LogP contribution in [0.15, 0.2) is 0 Å². The van der Waals surface area contributed by atoms with E-state index >= 15 is 0 Å². The van der Waals surface area contributed by atoms with Gasteiger partial charge in [0.15, 0.2) is 0 Å². The summed E-state index contributed by atoms with van der Waals surface area (Å²) >= 11 is 0. The third kappa shape index (κ3) is 103. The predicted molar refractivity (Wildman–Crippen MR) is 26.9 cm³/mol. The zero-order chi connectivity index (χ0) is 0. The molecule has 0 aromatic carbocycles. The van der Waals surface area contributed by atoms with Crippen molar-refractivity contribution in [2.24, 2.45) is 0 Å². The van der Waals surface area contributed by atoms with Crippen molar-refractivity contribution < 1.29 is 67.9 Å². The van der Waals surface area contributed by atoms with Gasteiger partial charge in [0.1, 0.15) is 0 Å². The molecule has 4 heteroatoms. The van der Waals surface area contributed by atoms with E-state index in [-0.39, 0.29) is 97.6 Å². The van der Waals surface area contributed by atoms with Crippen molar-refractivity contribution in [1.82, 2.24) is 0 Å². The Kier molecular flexibility index (Phi) is 4060. The number of hydrogen-bond acceptors (Lipinski definition) is 0. The van der Waals surface area contributed by atoms with E-state index in [1.54, 1.807) is 0 Å². The van der Waals surface area contributed by atoms with E-state index in [4.69, 9.17) is 0 Å². The fraction of sp³-hybridized carbons (Fsp3) is 1.00. The molecule has 0 N–H and O–H groups in total. The first-order chi connectivity index (χ1) is 0. The highest BCUT2D eigenvalue weighted by atomic mass is 79.9. The van der Waals surface area contributed by atoms with Gasteiger partial charge >= 0.3 is 0 Å².